The van der Waals surface area contributed by atoms with Crippen molar-refractivity contribution in [2.45, 2.75) is 56.6 Å². The van der Waals surface area contributed by atoms with Crippen molar-refractivity contribution in [3.63, 3.8) is 0 Å². The van der Waals surface area contributed by atoms with E-state index >= 15 is 0 Å². The van der Waals surface area contributed by atoms with Crippen LogP contribution in [0.5, 0.6) is 0 Å². The number of likely N-dealkylation sites (N-methyl/N-ethyl adjacent to an activating group) is 1. The summed E-state index contributed by atoms with van der Waals surface area (Å²) in [5.74, 6) is -0.864. The van der Waals surface area contributed by atoms with Gasteiger partial charge in [0, 0.05) is 24.3 Å². The monoisotopic (exact) mass is 344 g/mol. The van der Waals surface area contributed by atoms with Crippen LogP contribution in [0.1, 0.15) is 39.7 Å². The summed E-state index contributed by atoms with van der Waals surface area (Å²) >= 11 is 0. The minimum atomic E-state index is -3.58. The normalized spacial score (nSPS) is 21.6. The molecule has 8 nitrogen and oxygen atoms in total. The summed E-state index contributed by atoms with van der Waals surface area (Å²) in [4.78, 5) is 12.8. The summed E-state index contributed by atoms with van der Waals surface area (Å²) in [6.45, 7) is 6.38. The zero-order valence-corrected chi connectivity index (χ0v) is 14.5. The third-order valence-corrected chi connectivity index (χ3v) is 5.59. The van der Waals surface area contributed by atoms with Crippen molar-refractivity contribution >= 4 is 16.0 Å². The minimum Gasteiger partial charge on any atom is -0.480 e. The molecule has 2 rings (SSSR count). The molecule has 0 radical (unpaired) electrons. The first kappa shape index (κ1) is 17.9. The Morgan fingerprint density at radius 2 is 2.17 bits per heavy atom. The van der Waals surface area contributed by atoms with Gasteiger partial charge in [-0.3, -0.25) is 14.4 Å². The quantitative estimate of drug-likeness (QED) is 0.718. The second kappa shape index (κ2) is 6.98. The van der Waals surface area contributed by atoms with Gasteiger partial charge in [-0.2, -0.15) is 5.10 Å². The summed E-state index contributed by atoms with van der Waals surface area (Å²) in [5.41, 5.74) is 0. The summed E-state index contributed by atoms with van der Waals surface area (Å²) in [5, 5.41) is 12.9. The van der Waals surface area contributed by atoms with Gasteiger partial charge in [0.2, 0.25) is 10.0 Å². The number of aromatic nitrogens is 2. The predicted octanol–water partition coefficient (Wildman–Crippen LogP) is 0.680. The Morgan fingerprint density at radius 3 is 2.65 bits per heavy atom. The van der Waals surface area contributed by atoms with Gasteiger partial charge in [0.15, 0.2) is 0 Å². The number of carboxylic acids is 1. The standard InChI is InChI=1S/C14H24N4O4S/c1-4-17(9-14(19)20)12-5-11(6-12)16-23(21,22)13-7-15-18(8-13)10(2)3/h7-8,10-12,16H,4-6,9H2,1-3H3,(H,19,20). The Bertz CT molecular complexity index is 649. The zero-order chi connectivity index (χ0) is 17.2. The van der Waals surface area contributed by atoms with Crippen LogP contribution in [0.2, 0.25) is 0 Å². The molecule has 9 heteroatoms. The molecule has 0 amide bonds. The molecule has 23 heavy (non-hydrogen) atoms. The summed E-state index contributed by atoms with van der Waals surface area (Å²) in [7, 11) is -3.58. The molecule has 1 aromatic heterocycles. The van der Waals surface area contributed by atoms with Crippen LogP contribution < -0.4 is 4.72 Å². The smallest absolute Gasteiger partial charge is 0.317 e. The molecule has 130 valence electrons. The van der Waals surface area contributed by atoms with Crippen molar-refractivity contribution in [2.24, 2.45) is 0 Å². The van der Waals surface area contributed by atoms with Gasteiger partial charge in [-0.25, -0.2) is 13.1 Å². The minimum absolute atomic E-state index is 0.0121. The van der Waals surface area contributed by atoms with Crippen molar-refractivity contribution in [1.29, 1.82) is 0 Å². The van der Waals surface area contributed by atoms with Gasteiger partial charge < -0.3 is 5.11 Å². The van der Waals surface area contributed by atoms with Gasteiger partial charge >= 0.3 is 5.97 Å². The van der Waals surface area contributed by atoms with E-state index < -0.39 is 16.0 Å². The Kier molecular flexibility index (Phi) is 5.43. The molecule has 0 aromatic carbocycles. The van der Waals surface area contributed by atoms with Gasteiger partial charge in [-0.15, -0.1) is 0 Å². The van der Waals surface area contributed by atoms with E-state index in [0.717, 1.165) is 0 Å². The summed E-state index contributed by atoms with van der Waals surface area (Å²) in [6.07, 6.45) is 4.12. The number of carboxylic acid groups (broad SMARTS) is 1. The maximum Gasteiger partial charge on any atom is 0.317 e. The zero-order valence-electron chi connectivity index (χ0n) is 13.6. The van der Waals surface area contributed by atoms with E-state index in [2.05, 4.69) is 9.82 Å². The fourth-order valence-corrected chi connectivity index (χ4v) is 3.88. The van der Waals surface area contributed by atoms with Crippen molar-refractivity contribution < 1.29 is 18.3 Å². The molecule has 2 N–H and O–H groups in total. The van der Waals surface area contributed by atoms with Crippen LogP contribution in [-0.2, 0) is 14.8 Å². The Hall–Kier alpha value is -1.45. The number of carbonyl (C=O) groups is 1. The van der Waals surface area contributed by atoms with E-state index in [1.165, 1.54) is 12.4 Å². The van der Waals surface area contributed by atoms with E-state index in [0.29, 0.717) is 19.4 Å². The third-order valence-electron chi connectivity index (χ3n) is 4.11. The highest BCUT2D eigenvalue weighted by Gasteiger charge is 2.36. The van der Waals surface area contributed by atoms with E-state index in [4.69, 9.17) is 5.11 Å². The second-order valence-corrected chi connectivity index (χ2v) is 7.86. The predicted molar refractivity (Wildman–Crippen MR) is 84.6 cm³/mol. The highest BCUT2D eigenvalue weighted by atomic mass is 32.2. The topological polar surface area (TPSA) is 105 Å². The van der Waals surface area contributed by atoms with Crippen LogP contribution in [0.4, 0.5) is 0 Å². The van der Waals surface area contributed by atoms with Crippen LogP contribution in [0.3, 0.4) is 0 Å². The molecular formula is C14H24N4O4S. The highest BCUT2D eigenvalue weighted by Crippen LogP contribution is 2.27. The molecule has 0 bridgehead atoms. The van der Waals surface area contributed by atoms with Crippen molar-refractivity contribution in [1.82, 2.24) is 19.4 Å². The largest absolute Gasteiger partial charge is 0.480 e. The third kappa shape index (κ3) is 4.30. The van der Waals surface area contributed by atoms with Crippen molar-refractivity contribution in [2.75, 3.05) is 13.1 Å². The van der Waals surface area contributed by atoms with Crippen LogP contribution in [-0.4, -0.2) is 59.3 Å². The number of sulfonamides is 1. The average molecular weight is 344 g/mol. The molecule has 0 aliphatic heterocycles. The van der Waals surface area contributed by atoms with Gasteiger partial charge in [-0.05, 0) is 33.2 Å². The molecule has 1 saturated carbocycles. The maximum atomic E-state index is 12.3. The number of hydrogen-bond donors (Lipinski definition) is 2. The molecule has 0 unspecified atom stereocenters. The molecule has 0 atom stereocenters. The van der Waals surface area contributed by atoms with Crippen molar-refractivity contribution in [3.05, 3.63) is 12.4 Å². The Labute approximate surface area is 136 Å². The van der Waals surface area contributed by atoms with Crippen LogP contribution in [0.15, 0.2) is 17.3 Å². The number of nitrogens with one attached hydrogen (secondary N) is 1. The van der Waals surface area contributed by atoms with Gasteiger partial charge in [0.25, 0.3) is 0 Å². The molecule has 1 heterocycles. The SMILES string of the molecule is CCN(CC(=O)O)C1CC(NS(=O)(=O)c2cnn(C(C)C)c2)C1. The molecular weight excluding hydrogens is 320 g/mol. The lowest BCUT2D eigenvalue weighted by Gasteiger charge is -2.41. The molecule has 1 aliphatic carbocycles. The first-order chi connectivity index (χ1) is 10.7. The number of aliphatic carboxylic acids is 1. The van der Waals surface area contributed by atoms with E-state index in [1.54, 1.807) is 4.68 Å². The van der Waals surface area contributed by atoms with Crippen molar-refractivity contribution in [3.8, 4) is 0 Å². The Balaban J connectivity index is 1.92. The molecule has 1 fully saturated rings. The first-order valence-electron chi connectivity index (χ1n) is 7.75. The average Bonchev–Trinajstić information content (AvgIpc) is 2.90. The van der Waals surface area contributed by atoms with E-state index in [9.17, 15) is 13.2 Å². The van der Waals surface area contributed by atoms with Crippen LogP contribution in [0.25, 0.3) is 0 Å². The lowest BCUT2D eigenvalue weighted by atomic mass is 9.86. The van der Waals surface area contributed by atoms with Crippen LogP contribution in [0, 0.1) is 0 Å². The fraction of sp³-hybridized carbons (Fsp3) is 0.714. The summed E-state index contributed by atoms with van der Waals surface area (Å²) < 4.78 is 28.9. The molecule has 1 aliphatic rings. The summed E-state index contributed by atoms with van der Waals surface area (Å²) in [6, 6.07) is 0.0543. The van der Waals surface area contributed by atoms with Gasteiger partial charge in [-0.1, -0.05) is 6.92 Å². The lowest BCUT2D eigenvalue weighted by Crippen LogP contribution is -2.54. The maximum absolute atomic E-state index is 12.3. The van der Waals surface area contributed by atoms with Gasteiger partial charge in [0.1, 0.15) is 4.90 Å². The van der Waals surface area contributed by atoms with Gasteiger partial charge in [0.05, 0.1) is 12.7 Å². The fourth-order valence-electron chi connectivity index (χ4n) is 2.68. The van der Waals surface area contributed by atoms with E-state index in [1.807, 2.05) is 25.7 Å². The number of hydrogen-bond acceptors (Lipinski definition) is 5. The molecule has 0 spiro atoms. The molecule has 1 aromatic rings. The first-order valence-corrected chi connectivity index (χ1v) is 9.23. The highest BCUT2D eigenvalue weighted by molar-refractivity contribution is 7.89. The molecule has 0 saturated heterocycles. The number of nitrogens with zero attached hydrogens (tertiary/aromatic N) is 3. The Morgan fingerprint density at radius 1 is 1.52 bits per heavy atom. The van der Waals surface area contributed by atoms with E-state index in [-0.39, 0.29) is 29.6 Å². The van der Waals surface area contributed by atoms with Crippen LogP contribution >= 0.6 is 0 Å². The number of rotatable bonds is 8. The second-order valence-electron chi connectivity index (χ2n) is 6.15. The lowest BCUT2D eigenvalue weighted by molar-refractivity contribution is -0.139.